The van der Waals surface area contributed by atoms with Crippen molar-refractivity contribution in [3.63, 3.8) is 0 Å². The van der Waals surface area contributed by atoms with Crippen molar-refractivity contribution < 1.29 is 24.2 Å². The van der Waals surface area contributed by atoms with E-state index >= 15 is 0 Å². The van der Waals surface area contributed by atoms with Crippen LogP contribution in [0.15, 0.2) is 54.1 Å². The van der Waals surface area contributed by atoms with Gasteiger partial charge in [-0.15, -0.1) is 0 Å². The zero-order valence-electron chi connectivity index (χ0n) is 18.4. The van der Waals surface area contributed by atoms with E-state index in [-0.39, 0.29) is 11.3 Å². The Bertz CT molecular complexity index is 1030. The second-order valence-electron chi connectivity index (χ2n) is 8.04. The normalized spacial score (nSPS) is 21.2. The maximum Gasteiger partial charge on any atom is 0.295 e. The van der Waals surface area contributed by atoms with E-state index in [1.54, 1.807) is 30.2 Å². The monoisotopic (exact) mass is 436 g/mol. The summed E-state index contributed by atoms with van der Waals surface area (Å²) in [6.45, 7) is 5.79. The number of likely N-dealkylation sites (tertiary alicyclic amines) is 1. The molecule has 32 heavy (non-hydrogen) atoms. The molecule has 0 unspecified atom stereocenters. The zero-order chi connectivity index (χ0) is 22.7. The summed E-state index contributed by atoms with van der Waals surface area (Å²) in [6, 6.07) is 14.0. The average Bonchev–Trinajstić information content (AvgIpc) is 3.08. The van der Waals surface area contributed by atoms with Crippen LogP contribution in [0.3, 0.4) is 0 Å². The lowest BCUT2D eigenvalue weighted by atomic mass is 9.94. The lowest BCUT2D eigenvalue weighted by molar-refractivity contribution is -0.140. The summed E-state index contributed by atoms with van der Waals surface area (Å²) in [5.74, 6) is -0.746. The number of morpholine rings is 1. The van der Waals surface area contributed by atoms with Crippen LogP contribution in [0.2, 0.25) is 0 Å². The van der Waals surface area contributed by atoms with Crippen molar-refractivity contribution >= 4 is 17.4 Å². The van der Waals surface area contributed by atoms with Crippen molar-refractivity contribution in [2.24, 2.45) is 0 Å². The predicted molar refractivity (Wildman–Crippen MR) is 120 cm³/mol. The highest BCUT2D eigenvalue weighted by atomic mass is 16.5. The second-order valence-corrected chi connectivity index (χ2v) is 8.04. The topological polar surface area (TPSA) is 79.3 Å². The molecule has 0 aromatic heterocycles. The number of amides is 1. The Balaban J connectivity index is 1.73. The molecule has 7 nitrogen and oxygen atoms in total. The number of hydrogen-bond donors (Lipinski definition) is 1. The summed E-state index contributed by atoms with van der Waals surface area (Å²) >= 11 is 0. The number of carbonyl (C=O) groups is 2. The summed E-state index contributed by atoms with van der Waals surface area (Å²) in [4.78, 5) is 30.0. The minimum absolute atomic E-state index is 0.122. The van der Waals surface area contributed by atoms with Gasteiger partial charge in [-0.1, -0.05) is 30.3 Å². The molecule has 0 aliphatic carbocycles. The van der Waals surface area contributed by atoms with Gasteiger partial charge in [0.25, 0.3) is 11.7 Å². The average molecular weight is 437 g/mol. The zero-order valence-corrected chi connectivity index (χ0v) is 18.4. The third-order valence-corrected chi connectivity index (χ3v) is 6.10. The maximum absolute atomic E-state index is 13.1. The molecule has 168 valence electrons. The first kappa shape index (κ1) is 22.0. The Morgan fingerprint density at radius 1 is 1.09 bits per heavy atom. The van der Waals surface area contributed by atoms with E-state index in [9.17, 15) is 14.7 Å². The number of aliphatic hydroxyl groups excluding tert-OH is 1. The molecule has 2 aliphatic rings. The first-order chi connectivity index (χ1) is 15.5. The van der Waals surface area contributed by atoms with E-state index in [1.165, 1.54) is 0 Å². The van der Waals surface area contributed by atoms with Crippen LogP contribution >= 0.6 is 0 Å². The molecule has 2 aromatic rings. The Hall–Kier alpha value is -3.16. The largest absolute Gasteiger partial charge is 0.507 e. The van der Waals surface area contributed by atoms with Crippen LogP contribution in [-0.4, -0.2) is 73.1 Å². The highest BCUT2D eigenvalue weighted by molar-refractivity contribution is 6.46. The van der Waals surface area contributed by atoms with Crippen molar-refractivity contribution in [2.75, 3.05) is 46.5 Å². The van der Waals surface area contributed by atoms with E-state index in [0.29, 0.717) is 37.6 Å². The quantitative estimate of drug-likeness (QED) is 0.426. The highest BCUT2D eigenvalue weighted by Crippen LogP contribution is 2.40. The molecular weight excluding hydrogens is 408 g/mol. The first-order valence-corrected chi connectivity index (χ1v) is 10.8. The molecule has 1 atom stereocenters. The molecule has 2 aromatic carbocycles. The van der Waals surface area contributed by atoms with Crippen LogP contribution in [-0.2, 0) is 14.3 Å². The summed E-state index contributed by atoms with van der Waals surface area (Å²) in [7, 11) is 1.57. The van der Waals surface area contributed by atoms with Gasteiger partial charge in [-0.25, -0.2) is 0 Å². The van der Waals surface area contributed by atoms with Crippen molar-refractivity contribution in [3.8, 4) is 5.75 Å². The van der Waals surface area contributed by atoms with Crippen molar-refractivity contribution in [1.29, 1.82) is 0 Å². The van der Waals surface area contributed by atoms with Gasteiger partial charge in [0.15, 0.2) is 0 Å². The molecular formula is C25H28N2O5. The summed E-state index contributed by atoms with van der Waals surface area (Å²) in [6.07, 6.45) is 0. The third kappa shape index (κ3) is 4.26. The lowest BCUT2D eigenvalue weighted by Crippen LogP contribution is -2.42. The van der Waals surface area contributed by atoms with Crippen LogP contribution in [0.5, 0.6) is 5.75 Å². The number of ketones is 1. The third-order valence-electron chi connectivity index (χ3n) is 6.10. The van der Waals surface area contributed by atoms with Crippen LogP contribution in [0.4, 0.5) is 0 Å². The minimum atomic E-state index is -0.659. The highest BCUT2D eigenvalue weighted by Gasteiger charge is 2.46. The smallest absolute Gasteiger partial charge is 0.295 e. The molecule has 0 radical (unpaired) electrons. The van der Waals surface area contributed by atoms with Gasteiger partial charge in [-0.05, 0) is 36.2 Å². The summed E-state index contributed by atoms with van der Waals surface area (Å²) in [5.41, 5.74) is 2.18. The number of aryl methyl sites for hydroxylation is 1. The van der Waals surface area contributed by atoms with Gasteiger partial charge < -0.3 is 19.5 Å². The van der Waals surface area contributed by atoms with Crippen LogP contribution in [0.25, 0.3) is 5.76 Å². The van der Waals surface area contributed by atoms with E-state index < -0.39 is 17.7 Å². The van der Waals surface area contributed by atoms with Crippen molar-refractivity contribution in [1.82, 2.24) is 9.80 Å². The van der Waals surface area contributed by atoms with Crippen LogP contribution in [0, 0.1) is 6.92 Å². The molecule has 0 spiro atoms. The number of rotatable bonds is 6. The van der Waals surface area contributed by atoms with Gasteiger partial charge in [0.05, 0.1) is 31.9 Å². The maximum atomic E-state index is 13.1. The molecule has 0 bridgehead atoms. The predicted octanol–water partition coefficient (Wildman–Crippen LogP) is 2.76. The van der Waals surface area contributed by atoms with Gasteiger partial charge in [0.2, 0.25) is 0 Å². The molecule has 2 heterocycles. The number of Topliss-reactive ketones (excluding diaryl/α,β-unsaturated/α-hetero) is 1. The molecule has 1 amide bonds. The lowest BCUT2D eigenvalue weighted by Gasteiger charge is -2.31. The Kier molecular flexibility index (Phi) is 6.58. The number of ether oxygens (including phenoxy) is 2. The van der Waals surface area contributed by atoms with E-state index in [0.717, 1.165) is 24.2 Å². The van der Waals surface area contributed by atoms with Crippen LogP contribution < -0.4 is 4.74 Å². The molecule has 0 saturated carbocycles. The van der Waals surface area contributed by atoms with E-state index in [4.69, 9.17) is 9.47 Å². The number of carbonyl (C=O) groups excluding carboxylic acids is 2. The molecule has 2 aliphatic heterocycles. The molecule has 2 saturated heterocycles. The Morgan fingerprint density at radius 2 is 1.81 bits per heavy atom. The second kappa shape index (κ2) is 9.54. The molecule has 7 heteroatoms. The first-order valence-electron chi connectivity index (χ1n) is 10.8. The Morgan fingerprint density at radius 3 is 2.47 bits per heavy atom. The van der Waals surface area contributed by atoms with Crippen molar-refractivity contribution in [3.05, 3.63) is 70.8 Å². The Labute approximate surface area is 187 Å². The minimum Gasteiger partial charge on any atom is -0.507 e. The fraction of sp³-hybridized carbons (Fsp3) is 0.360. The SMILES string of the molecule is COc1ccc(/C(O)=C2\C(=O)C(=O)N(CCN3CCOCC3)[C@H]2c2ccccc2)c(C)c1. The van der Waals surface area contributed by atoms with Gasteiger partial charge >= 0.3 is 0 Å². The van der Waals surface area contributed by atoms with Gasteiger partial charge in [-0.2, -0.15) is 0 Å². The summed E-state index contributed by atoms with van der Waals surface area (Å²) < 4.78 is 10.6. The fourth-order valence-corrected chi connectivity index (χ4v) is 4.34. The van der Waals surface area contributed by atoms with Crippen LogP contribution in [0.1, 0.15) is 22.7 Å². The number of methoxy groups -OCH3 is 1. The molecule has 1 N–H and O–H groups in total. The number of nitrogens with zero attached hydrogens (tertiary/aromatic N) is 2. The number of benzene rings is 2. The molecule has 2 fully saturated rings. The van der Waals surface area contributed by atoms with Gasteiger partial charge in [-0.3, -0.25) is 14.5 Å². The standard InChI is InChI=1S/C25H28N2O5/c1-17-16-19(31-2)8-9-20(17)23(28)21-22(18-6-4-3-5-7-18)27(25(30)24(21)29)11-10-26-12-14-32-15-13-26/h3-9,16,22,28H,10-15H2,1-2H3/b23-21+/t22-/m0/s1. The number of hydrogen-bond acceptors (Lipinski definition) is 6. The van der Waals surface area contributed by atoms with Gasteiger partial charge in [0, 0.05) is 31.7 Å². The van der Waals surface area contributed by atoms with E-state index in [2.05, 4.69) is 4.90 Å². The number of aliphatic hydroxyl groups is 1. The molecule has 4 rings (SSSR count). The van der Waals surface area contributed by atoms with Gasteiger partial charge in [0.1, 0.15) is 11.5 Å². The fourth-order valence-electron chi connectivity index (χ4n) is 4.34. The van der Waals surface area contributed by atoms with E-state index in [1.807, 2.05) is 37.3 Å². The van der Waals surface area contributed by atoms with Crippen molar-refractivity contribution in [2.45, 2.75) is 13.0 Å². The summed E-state index contributed by atoms with van der Waals surface area (Å²) in [5, 5.41) is 11.2.